The van der Waals surface area contributed by atoms with Crippen LogP contribution in [0.2, 0.25) is 0 Å². The van der Waals surface area contributed by atoms with Gasteiger partial charge in [-0.3, -0.25) is 10.1 Å². The van der Waals surface area contributed by atoms with Crippen LogP contribution in [0, 0.1) is 0 Å². The van der Waals surface area contributed by atoms with E-state index < -0.39 is 0 Å². The highest BCUT2D eigenvalue weighted by Gasteiger charge is 2.17. The SMILES string of the molecule is CCCC(NC(C)C(=O)NCC)c1ccccc1. The molecule has 0 aliphatic rings. The molecule has 1 amide bonds. The predicted molar refractivity (Wildman–Crippen MR) is 75.4 cm³/mol. The summed E-state index contributed by atoms with van der Waals surface area (Å²) in [5.74, 6) is 0.0644. The fraction of sp³-hybridized carbons (Fsp3) is 0.533. The number of rotatable bonds is 7. The molecule has 2 atom stereocenters. The first-order valence-corrected chi connectivity index (χ1v) is 6.77. The van der Waals surface area contributed by atoms with Gasteiger partial charge >= 0.3 is 0 Å². The fourth-order valence-corrected chi connectivity index (χ4v) is 2.03. The number of carbonyl (C=O) groups excluding carboxylic acids is 1. The van der Waals surface area contributed by atoms with E-state index in [-0.39, 0.29) is 18.0 Å². The number of benzene rings is 1. The summed E-state index contributed by atoms with van der Waals surface area (Å²) in [5, 5.41) is 6.25. The standard InChI is InChI=1S/C15H24N2O/c1-4-9-14(13-10-7-6-8-11-13)17-12(3)15(18)16-5-2/h6-8,10-12,14,17H,4-5,9H2,1-3H3,(H,16,18). The zero-order valence-electron chi connectivity index (χ0n) is 11.6. The second-order valence-electron chi connectivity index (χ2n) is 4.53. The van der Waals surface area contributed by atoms with Gasteiger partial charge in [-0.25, -0.2) is 0 Å². The van der Waals surface area contributed by atoms with E-state index in [1.165, 1.54) is 5.56 Å². The number of nitrogens with one attached hydrogen (secondary N) is 2. The first kappa shape index (κ1) is 14.7. The summed E-state index contributed by atoms with van der Waals surface area (Å²) in [7, 11) is 0. The lowest BCUT2D eigenvalue weighted by Crippen LogP contribution is -2.43. The molecular formula is C15H24N2O. The highest BCUT2D eigenvalue weighted by Crippen LogP contribution is 2.18. The van der Waals surface area contributed by atoms with E-state index >= 15 is 0 Å². The average molecular weight is 248 g/mol. The molecular weight excluding hydrogens is 224 g/mol. The normalized spacial score (nSPS) is 13.9. The van der Waals surface area contributed by atoms with Crippen LogP contribution in [0.4, 0.5) is 0 Å². The lowest BCUT2D eigenvalue weighted by atomic mass is 10.0. The summed E-state index contributed by atoms with van der Waals surface area (Å²) in [4.78, 5) is 11.7. The highest BCUT2D eigenvalue weighted by atomic mass is 16.2. The molecule has 0 aliphatic heterocycles. The quantitative estimate of drug-likeness (QED) is 0.779. The second kappa shape index (κ2) is 7.88. The third-order valence-electron chi connectivity index (χ3n) is 2.97. The number of hydrogen-bond donors (Lipinski definition) is 2. The van der Waals surface area contributed by atoms with Gasteiger partial charge in [0.15, 0.2) is 0 Å². The van der Waals surface area contributed by atoms with E-state index in [9.17, 15) is 4.79 Å². The molecule has 3 nitrogen and oxygen atoms in total. The second-order valence-corrected chi connectivity index (χ2v) is 4.53. The Hall–Kier alpha value is -1.35. The van der Waals surface area contributed by atoms with E-state index in [4.69, 9.17) is 0 Å². The molecule has 1 aromatic carbocycles. The molecule has 1 aromatic rings. The van der Waals surface area contributed by atoms with E-state index in [0.29, 0.717) is 6.54 Å². The van der Waals surface area contributed by atoms with Crippen LogP contribution in [0.25, 0.3) is 0 Å². The van der Waals surface area contributed by atoms with Gasteiger partial charge < -0.3 is 5.32 Å². The van der Waals surface area contributed by atoms with Crippen molar-refractivity contribution in [3.05, 3.63) is 35.9 Å². The molecule has 0 saturated heterocycles. The van der Waals surface area contributed by atoms with Crippen LogP contribution in [0.1, 0.15) is 45.2 Å². The Morgan fingerprint density at radius 2 is 1.89 bits per heavy atom. The molecule has 2 N–H and O–H groups in total. The van der Waals surface area contributed by atoms with Crippen LogP contribution >= 0.6 is 0 Å². The zero-order valence-corrected chi connectivity index (χ0v) is 11.6. The summed E-state index contributed by atoms with van der Waals surface area (Å²) < 4.78 is 0. The van der Waals surface area contributed by atoms with Crippen molar-refractivity contribution in [2.45, 2.75) is 45.7 Å². The smallest absolute Gasteiger partial charge is 0.236 e. The Kier molecular flexibility index (Phi) is 6.44. The van der Waals surface area contributed by atoms with Crippen LogP contribution < -0.4 is 10.6 Å². The van der Waals surface area contributed by atoms with Crippen molar-refractivity contribution in [3.8, 4) is 0 Å². The first-order valence-electron chi connectivity index (χ1n) is 6.77. The van der Waals surface area contributed by atoms with Crippen LogP contribution in [-0.2, 0) is 4.79 Å². The van der Waals surface area contributed by atoms with E-state index in [1.54, 1.807) is 0 Å². The van der Waals surface area contributed by atoms with Gasteiger partial charge in [0.1, 0.15) is 0 Å². The maximum Gasteiger partial charge on any atom is 0.236 e. The number of amides is 1. The van der Waals surface area contributed by atoms with Crippen LogP contribution in [0.15, 0.2) is 30.3 Å². The number of hydrogen-bond acceptors (Lipinski definition) is 2. The minimum absolute atomic E-state index is 0.0644. The van der Waals surface area contributed by atoms with Gasteiger partial charge in [-0.15, -0.1) is 0 Å². The summed E-state index contributed by atoms with van der Waals surface area (Å²) in [5.41, 5.74) is 1.25. The molecule has 0 radical (unpaired) electrons. The summed E-state index contributed by atoms with van der Waals surface area (Å²) >= 11 is 0. The maximum absolute atomic E-state index is 11.7. The van der Waals surface area contributed by atoms with Crippen molar-refractivity contribution in [2.24, 2.45) is 0 Å². The Morgan fingerprint density at radius 3 is 2.44 bits per heavy atom. The Labute approximate surface area is 110 Å². The molecule has 0 aromatic heterocycles. The number of likely N-dealkylation sites (N-methyl/N-ethyl adjacent to an activating group) is 1. The van der Waals surface area contributed by atoms with Crippen molar-refractivity contribution in [3.63, 3.8) is 0 Å². The summed E-state index contributed by atoms with van der Waals surface area (Å²) in [6.45, 7) is 6.69. The maximum atomic E-state index is 11.7. The van der Waals surface area contributed by atoms with Gasteiger partial charge in [-0.1, -0.05) is 43.7 Å². The van der Waals surface area contributed by atoms with E-state index in [1.807, 2.05) is 32.0 Å². The Morgan fingerprint density at radius 1 is 1.22 bits per heavy atom. The van der Waals surface area contributed by atoms with Crippen molar-refractivity contribution in [2.75, 3.05) is 6.54 Å². The van der Waals surface area contributed by atoms with Crippen molar-refractivity contribution < 1.29 is 4.79 Å². The molecule has 0 heterocycles. The van der Waals surface area contributed by atoms with Gasteiger partial charge in [0.25, 0.3) is 0 Å². The van der Waals surface area contributed by atoms with E-state index in [2.05, 4.69) is 29.7 Å². The molecule has 0 fully saturated rings. The molecule has 0 saturated carbocycles. The van der Waals surface area contributed by atoms with Crippen LogP contribution in [-0.4, -0.2) is 18.5 Å². The average Bonchev–Trinajstić information content (AvgIpc) is 2.39. The fourth-order valence-electron chi connectivity index (χ4n) is 2.03. The largest absolute Gasteiger partial charge is 0.355 e. The lowest BCUT2D eigenvalue weighted by molar-refractivity contribution is -0.122. The topological polar surface area (TPSA) is 41.1 Å². The lowest BCUT2D eigenvalue weighted by Gasteiger charge is -2.23. The third kappa shape index (κ3) is 4.49. The zero-order chi connectivity index (χ0) is 13.4. The Balaban J connectivity index is 2.66. The molecule has 0 bridgehead atoms. The molecule has 100 valence electrons. The minimum atomic E-state index is -0.165. The third-order valence-corrected chi connectivity index (χ3v) is 2.97. The molecule has 0 aliphatic carbocycles. The Bertz CT molecular complexity index is 351. The minimum Gasteiger partial charge on any atom is -0.355 e. The van der Waals surface area contributed by atoms with Crippen LogP contribution in [0.3, 0.4) is 0 Å². The van der Waals surface area contributed by atoms with Gasteiger partial charge in [-0.05, 0) is 25.8 Å². The van der Waals surface area contributed by atoms with Gasteiger partial charge in [0.2, 0.25) is 5.91 Å². The highest BCUT2D eigenvalue weighted by molar-refractivity contribution is 5.81. The molecule has 1 rings (SSSR count). The van der Waals surface area contributed by atoms with Gasteiger partial charge in [0.05, 0.1) is 6.04 Å². The molecule has 0 spiro atoms. The van der Waals surface area contributed by atoms with Crippen molar-refractivity contribution >= 4 is 5.91 Å². The van der Waals surface area contributed by atoms with Crippen molar-refractivity contribution in [1.82, 2.24) is 10.6 Å². The van der Waals surface area contributed by atoms with Crippen molar-refractivity contribution in [1.29, 1.82) is 0 Å². The summed E-state index contributed by atoms with van der Waals surface area (Å²) in [6.07, 6.45) is 2.13. The number of carbonyl (C=O) groups is 1. The predicted octanol–water partition coefficient (Wildman–Crippen LogP) is 2.64. The summed E-state index contributed by atoms with van der Waals surface area (Å²) in [6, 6.07) is 10.4. The molecule has 18 heavy (non-hydrogen) atoms. The first-order chi connectivity index (χ1) is 8.69. The molecule has 3 heteroatoms. The van der Waals surface area contributed by atoms with Crippen LogP contribution in [0.5, 0.6) is 0 Å². The molecule has 2 unspecified atom stereocenters. The van der Waals surface area contributed by atoms with E-state index in [0.717, 1.165) is 12.8 Å². The monoisotopic (exact) mass is 248 g/mol. The van der Waals surface area contributed by atoms with Gasteiger partial charge in [0, 0.05) is 12.6 Å². The van der Waals surface area contributed by atoms with Gasteiger partial charge in [-0.2, -0.15) is 0 Å².